The molecular formula is C19H20ClNO2. The van der Waals surface area contributed by atoms with Crippen LogP contribution in [0, 0.1) is 5.92 Å². The van der Waals surface area contributed by atoms with Gasteiger partial charge in [-0.3, -0.25) is 4.79 Å². The van der Waals surface area contributed by atoms with Gasteiger partial charge in [0.25, 0.3) is 0 Å². The van der Waals surface area contributed by atoms with Crippen LogP contribution in [-0.4, -0.2) is 29.0 Å². The van der Waals surface area contributed by atoms with E-state index in [2.05, 4.69) is 12.1 Å². The summed E-state index contributed by atoms with van der Waals surface area (Å²) in [5, 5.41) is 10.0. The van der Waals surface area contributed by atoms with E-state index in [0.29, 0.717) is 12.3 Å². The second-order valence-corrected chi connectivity index (χ2v) is 6.60. The van der Waals surface area contributed by atoms with Crippen molar-refractivity contribution in [3.8, 4) is 5.75 Å². The van der Waals surface area contributed by atoms with Crippen LogP contribution in [0.2, 0.25) is 5.02 Å². The summed E-state index contributed by atoms with van der Waals surface area (Å²) in [6.07, 6.45) is 2.43. The van der Waals surface area contributed by atoms with Crippen molar-refractivity contribution in [1.29, 1.82) is 0 Å². The van der Waals surface area contributed by atoms with Crippen LogP contribution in [0.1, 0.15) is 17.5 Å². The Morgan fingerprint density at radius 2 is 1.74 bits per heavy atom. The van der Waals surface area contributed by atoms with Gasteiger partial charge in [-0.15, -0.1) is 0 Å². The maximum atomic E-state index is 12.4. The van der Waals surface area contributed by atoms with Crippen LogP contribution in [0.3, 0.4) is 0 Å². The molecule has 1 aliphatic rings. The van der Waals surface area contributed by atoms with Crippen LogP contribution >= 0.6 is 11.6 Å². The molecule has 4 heteroatoms. The Hall–Kier alpha value is -2.00. The lowest BCUT2D eigenvalue weighted by atomic mass is 9.99. The van der Waals surface area contributed by atoms with Crippen LogP contribution < -0.4 is 0 Å². The van der Waals surface area contributed by atoms with Gasteiger partial charge in [-0.1, -0.05) is 35.9 Å². The molecule has 3 nitrogen and oxygen atoms in total. The molecule has 120 valence electrons. The zero-order valence-corrected chi connectivity index (χ0v) is 13.7. The Balaban J connectivity index is 1.53. The highest BCUT2D eigenvalue weighted by Gasteiger charge is 2.26. The number of rotatable bonds is 4. The van der Waals surface area contributed by atoms with Crippen LogP contribution in [0.5, 0.6) is 5.75 Å². The number of hydrogen-bond acceptors (Lipinski definition) is 2. The molecule has 0 bridgehead atoms. The van der Waals surface area contributed by atoms with Gasteiger partial charge in [-0.25, -0.2) is 0 Å². The van der Waals surface area contributed by atoms with Crippen molar-refractivity contribution < 1.29 is 9.90 Å². The van der Waals surface area contributed by atoms with Gasteiger partial charge < -0.3 is 10.0 Å². The minimum Gasteiger partial charge on any atom is -0.508 e. The number of carbonyl (C=O) groups excluding carboxylic acids is 1. The zero-order chi connectivity index (χ0) is 16.2. The second kappa shape index (κ2) is 7.05. The molecule has 1 N–H and O–H groups in total. The normalized spacial score (nSPS) is 17.4. The van der Waals surface area contributed by atoms with Crippen LogP contribution in [0.25, 0.3) is 0 Å². The Morgan fingerprint density at radius 1 is 1.09 bits per heavy atom. The number of carbonyl (C=O) groups is 1. The first-order valence-corrected chi connectivity index (χ1v) is 8.28. The smallest absolute Gasteiger partial charge is 0.226 e. The van der Waals surface area contributed by atoms with E-state index in [0.717, 1.165) is 36.5 Å². The van der Waals surface area contributed by atoms with Crippen molar-refractivity contribution in [1.82, 2.24) is 4.90 Å². The molecule has 1 heterocycles. The molecule has 1 saturated heterocycles. The standard InChI is InChI=1S/C19H20ClNO2/c20-17-5-1-14(2-6-17)11-16-9-10-21(13-16)19(23)12-15-3-7-18(22)8-4-15/h1-8,16,22H,9-13H2. The van der Waals surface area contributed by atoms with Gasteiger partial charge in [-0.2, -0.15) is 0 Å². The molecule has 1 amide bonds. The van der Waals surface area contributed by atoms with Crippen molar-refractivity contribution in [2.75, 3.05) is 13.1 Å². The SMILES string of the molecule is O=C(Cc1ccc(O)cc1)N1CCC(Cc2ccc(Cl)cc2)C1. The fourth-order valence-electron chi connectivity index (χ4n) is 3.08. The van der Waals surface area contributed by atoms with Gasteiger partial charge in [0.1, 0.15) is 5.75 Å². The summed E-state index contributed by atoms with van der Waals surface area (Å²) in [7, 11) is 0. The number of phenolic OH excluding ortho intramolecular Hbond substituents is 1. The lowest BCUT2D eigenvalue weighted by Crippen LogP contribution is -2.30. The van der Waals surface area contributed by atoms with E-state index in [4.69, 9.17) is 11.6 Å². The maximum absolute atomic E-state index is 12.4. The van der Waals surface area contributed by atoms with Crippen LogP contribution in [0.15, 0.2) is 48.5 Å². The summed E-state index contributed by atoms with van der Waals surface area (Å²) in [6, 6.07) is 14.8. The van der Waals surface area contributed by atoms with Crippen LogP contribution in [0.4, 0.5) is 0 Å². The number of benzene rings is 2. The first-order valence-electron chi connectivity index (χ1n) is 7.90. The van der Waals surface area contributed by atoms with Crippen molar-refractivity contribution >= 4 is 17.5 Å². The van der Waals surface area contributed by atoms with Crippen molar-refractivity contribution in [3.63, 3.8) is 0 Å². The lowest BCUT2D eigenvalue weighted by Gasteiger charge is -2.17. The molecule has 2 aromatic carbocycles. The predicted molar refractivity (Wildman–Crippen MR) is 91.7 cm³/mol. The first-order chi connectivity index (χ1) is 11.1. The third-order valence-corrected chi connectivity index (χ3v) is 4.62. The Kier molecular flexibility index (Phi) is 4.87. The molecule has 0 saturated carbocycles. The molecule has 0 aromatic heterocycles. The van der Waals surface area contributed by atoms with Crippen LogP contribution in [-0.2, 0) is 17.6 Å². The van der Waals surface area contributed by atoms with Crippen molar-refractivity contribution in [2.24, 2.45) is 5.92 Å². The third kappa shape index (κ3) is 4.26. The zero-order valence-electron chi connectivity index (χ0n) is 12.9. The van der Waals surface area contributed by atoms with Gasteiger partial charge in [0.2, 0.25) is 5.91 Å². The molecule has 1 atom stereocenters. The highest BCUT2D eigenvalue weighted by Crippen LogP contribution is 2.22. The summed E-state index contributed by atoms with van der Waals surface area (Å²) in [4.78, 5) is 14.3. The largest absolute Gasteiger partial charge is 0.508 e. The molecule has 1 unspecified atom stereocenters. The molecule has 23 heavy (non-hydrogen) atoms. The first kappa shape index (κ1) is 15.9. The van der Waals surface area contributed by atoms with E-state index in [1.165, 1.54) is 5.56 Å². The summed E-state index contributed by atoms with van der Waals surface area (Å²) >= 11 is 5.91. The number of likely N-dealkylation sites (tertiary alicyclic amines) is 1. The Bertz CT molecular complexity index is 667. The van der Waals surface area contributed by atoms with Gasteiger partial charge in [0.15, 0.2) is 0 Å². The minimum absolute atomic E-state index is 0.161. The number of nitrogens with zero attached hydrogens (tertiary/aromatic N) is 1. The second-order valence-electron chi connectivity index (χ2n) is 6.17. The lowest BCUT2D eigenvalue weighted by molar-refractivity contribution is -0.129. The number of halogens is 1. The maximum Gasteiger partial charge on any atom is 0.226 e. The Labute approximate surface area is 141 Å². The van der Waals surface area contributed by atoms with E-state index in [1.54, 1.807) is 24.3 Å². The van der Waals surface area contributed by atoms with Crippen molar-refractivity contribution in [3.05, 3.63) is 64.7 Å². The van der Waals surface area contributed by atoms with Gasteiger partial charge >= 0.3 is 0 Å². The highest BCUT2D eigenvalue weighted by molar-refractivity contribution is 6.30. The minimum atomic E-state index is 0.161. The van der Waals surface area contributed by atoms with E-state index in [1.807, 2.05) is 17.0 Å². The molecule has 0 aliphatic carbocycles. The number of phenols is 1. The van der Waals surface area contributed by atoms with E-state index >= 15 is 0 Å². The summed E-state index contributed by atoms with van der Waals surface area (Å²) in [6.45, 7) is 1.65. The fourth-order valence-corrected chi connectivity index (χ4v) is 3.21. The van der Waals surface area contributed by atoms with E-state index < -0.39 is 0 Å². The average Bonchev–Trinajstić information content (AvgIpc) is 3.00. The number of amides is 1. The van der Waals surface area contributed by atoms with E-state index in [-0.39, 0.29) is 11.7 Å². The molecule has 3 rings (SSSR count). The molecule has 1 aliphatic heterocycles. The molecule has 2 aromatic rings. The van der Waals surface area contributed by atoms with Gasteiger partial charge in [0, 0.05) is 18.1 Å². The quantitative estimate of drug-likeness (QED) is 0.929. The highest BCUT2D eigenvalue weighted by atomic mass is 35.5. The predicted octanol–water partition coefficient (Wildman–Crippen LogP) is 3.68. The summed E-state index contributed by atoms with van der Waals surface area (Å²) in [5.74, 6) is 0.902. The van der Waals surface area contributed by atoms with Gasteiger partial charge in [-0.05, 0) is 54.2 Å². The van der Waals surface area contributed by atoms with E-state index in [9.17, 15) is 9.90 Å². The number of aromatic hydroxyl groups is 1. The fraction of sp³-hybridized carbons (Fsp3) is 0.316. The number of hydrogen-bond donors (Lipinski definition) is 1. The molecule has 0 spiro atoms. The summed E-state index contributed by atoms with van der Waals surface area (Å²) < 4.78 is 0. The average molecular weight is 330 g/mol. The summed E-state index contributed by atoms with van der Waals surface area (Å²) in [5.41, 5.74) is 2.21. The molecular weight excluding hydrogens is 310 g/mol. The molecule has 1 fully saturated rings. The molecule has 0 radical (unpaired) electrons. The monoisotopic (exact) mass is 329 g/mol. The Morgan fingerprint density at radius 3 is 2.43 bits per heavy atom. The third-order valence-electron chi connectivity index (χ3n) is 4.37. The van der Waals surface area contributed by atoms with Gasteiger partial charge in [0.05, 0.1) is 6.42 Å². The topological polar surface area (TPSA) is 40.5 Å². The van der Waals surface area contributed by atoms with Crippen molar-refractivity contribution in [2.45, 2.75) is 19.3 Å².